The predicted octanol–water partition coefficient (Wildman–Crippen LogP) is 7.76. The summed E-state index contributed by atoms with van der Waals surface area (Å²) >= 11 is 0. The molecule has 0 rings (SSSR count). The molecule has 212 valence electrons. The summed E-state index contributed by atoms with van der Waals surface area (Å²) in [5.74, 6) is -3.18. The standard InChI is InChI=1S/C28H58O7/c1-13-17-19-22-31-35-28(33-24(7)16-4,34-25(8,9)10)26(11,12)27(29-20-15-3,32-23(5)6)30-21-18-14-2/h23-24H,13-22H2,1-12H3. The zero-order valence-electron chi connectivity index (χ0n) is 25.1. The molecule has 0 aliphatic heterocycles. The minimum absolute atomic E-state index is 0.186. The van der Waals surface area contributed by atoms with E-state index in [4.69, 9.17) is 33.5 Å². The van der Waals surface area contributed by atoms with E-state index >= 15 is 0 Å². The third kappa shape index (κ3) is 11.3. The fourth-order valence-corrected chi connectivity index (χ4v) is 3.42. The number of ether oxygens (including phenoxy) is 5. The van der Waals surface area contributed by atoms with Gasteiger partial charge in [0, 0.05) is 0 Å². The van der Waals surface area contributed by atoms with Gasteiger partial charge in [0.05, 0.1) is 37.6 Å². The molecule has 0 saturated heterocycles. The third-order valence-corrected chi connectivity index (χ3v) is 5.58. The van der Waals surface area contributed by atoms with Crippen molar-refractivity contribution in [2.45, 2.75) is 158 Å². The number of hydrogen-bond acceptors (Lipinski definition) is 7. The van der Waals surface area contributed by atoms with Gasteiger partial charge in [-0.15, -0.1) is 0 Å². The maximum Gasteiger partial charge on any atom is 0.326 e. The molecule has 0 spiro atoms. The largest absolute Gasteiger partial charge is 0.327 e. The van der Waals surface area contributed by atoms with E-state index in [-0.39, 0.29) is 12.2 Å². The smallest absolute Gasteiger partial charge is 0.326 e. The van der Waals surface area contributed by atoms with Gasteiger partial charge in [0.1, 0.15) is 5.41 Å². The number of rotatable bonds is 21. The molecule has 0 amide bonds. The van der Waals surface area contributed by atoms with Gasteiger partial charge < -0.3 is 23.7 Å². The minimum Gasteiger partial charge on any atom is -0.327 e. The van der Waals surface area contributed by atoms with Crippen molar-refractivity contribution in [3.8, 4) is 0 Å². The van der Waals surface area contributed by atoms with Crippen molar-refractivity contribution >= 4 is 0 Å². The van der Waals surface area contributed by atoms with E-state index in [1.54, 1.807) is 0 Å². The first-order chi connectivity index (χ1) is 16.3. The molecular weight excluding hydrogens is 448 g/mol. The van der Waals surface area contributed by atoms with Crippen molar-refractivity contribution in [2.75, 3.05) is 19.8 Å². The first-order valence-electron chi connectivity index (χ1n) is 13.9. The van der Waals surface area contributed by atoms with Crippen LogP contribution in [0, 0.1) is 5.41 Å². The van der Waals surface area contributed by atoms with Gasteiger partial charge in [-0.25, -0.2) is 4.89 Å². The second-order valence-corrected chi connectivity index (χ2v) is 11.1. The maximum atomic E-state index is 6.63. The highest BCUT2D eigenvalue weighted by Gasteiger charge is 2.67. The second-order valence-electron chi connectivity index (χ2n) is 11.1. The van der Waals surface area contributed by atoms with Crippen LogP contribution in [0.1, 0.15) is 128 Å². The highest BCUT2D eigenvalue weighted by Crippen LogP contribution is 2.51. The Balaban J connectivity index is 6.75. The van der Waals surface area contributed by atoms with Crippen molar-refractivity contribution in [3.63, 3.8) is 0 Å². The van der Waals surface area contributed by atoms with Crippen LogP contribution in [0.4, 0.5) is 0 Å². The monoisotopic (exact) mass is 506 g/mol. The van der Waals surface area contributed by atoms with E-state index in [2.05, 4.69) is 27.7 Å². The van der Waals surface area contributed by atoms with Crippen LogP contribution in [0.2, 0.25) is 0 Å². The van der Waals surface area contributed by atoms with Gasteiger partial charge in [-0.3, -0.25) is 0 Å². The van der Waals surface area contributed by atoms with Gasteiger partial charge in [-0.1, -0.05) is 47.0 Å². The predicted molar refractivity (Wildman–Crippen MR) is 141 cm³/mol. The van der Waals surface area contributed by atoms with Gasteiger partial charge in [0.2, 0.25) is 0 Å². The zero-order chi connectivity index (χ0) is 27.2. The Morgan fingerprint density at radius 1 is 0.629 bits per heavy atom. The molecule has 3 unspecified atom stereocenters. The summed E-state index contributed by atoms with van der Waals surface area (Å²) in [5, 5.41) is 0. The van der Waals surface area contributed by atoms with E-state index in [0.29, 0.717) is 19.8 Å². The molecule has 0 aromatic rings. The van der Waals surface area contributed by atoms with Gasteiger partial charge in [0.15, 0.2) is 0 Å². The van der Waals surface area contributed by atoms with E-state index in [0.717, 1.165) is 44.9 Å². The molecule has 0 radical (unpaired) electrons. The lowest BCUT2D eigenvalue weighted by molar-refractivity contribution is -0.593. The van der Waals surface area contributed by atoms with Crippen molar-refractivity contribution in [1.82, 2.24) is 0 Å². The van der Waals surface area contributed by atoms with Crippen LogP contribution in [0.3, 0.4) is 0 Å². The maximum absolute atomic E-state index is 6.63. The van der Waals surface area contributed by atoms with Crippen LogP contribution in [-0.2, 0) is 33.5 Å². The summed E-state index contributed by atoms with van der Waals surface area (Å²) in [7, 11) is 0. The van der Waals surface area contributed by atoms with Crippen molar-refractivity contribution in [3.05, 3.63) is 0 Å². The normalized spacial score (nSPS) is 17.4. The summed E-state index contributed by atoms with van der Waals surface area (Å²) in [5.41, 5.74) is -1.75. The Morgan fingerprint density at radius 3 is 1.71 bits per heavy atom. The molecular formula is C28H58O7. The fourth-order valence-electron chi connectivity index (χ4n) is 3.42. The molecule has 0 aromatic heterocycles. The van der Waals surface area contributed by atoms with Crippen molar-refractivity contribution in [1.29, 1.82) is 0 Å². The molecule has 7 heteroatoms. The molecule has 0 aliphatic carbocycles. The summed E-state index contributed by atoms with van der Waals surface area (Å²) in [6, 6.07) is 0. The SMILES string of the molecule is CCCCCOOC(OC(C)CC)(OC(C)(C)C)C(C)(C)C(OCCC)(OCCCC)OC(C)C. The van der Waals surface area contributed by atoms with Crippen LogP contribution >= 0.6 is 0 Å². The Labute approximate surface area is 216 Å². The molecule has 0 aliphatic rings. The summed E-state index contributed by atoms with van der Waals surface area (Å²) in [6.07, 6.45) is 6.04. The highest BCUT2D eigenvalue weighted by molar-refractivity contribution is 4.92. The fraction of sp³-hybridized carbons (Fsp3) is 1.00. The topological polar surface area (TPSA) is 64.6 Å². The molecule has 0 heterocycles. The average molecular weight is 507 g/mol. The van der Waals surface area contributed by atoms with E-state index < -0.39 is 23.0 Å². The zero-order valence-corrected chi connectivity index (χ0v) is 25.1. The molecule has 7 nitrogen and oxygen atoms in total. The lowest BCUT2D eigenvalue weighted by Gasteiger charge is -2.54. The van der Waals surface area contributed by atoms with E-state index in [1.807, 2.05) is 55.4 Å². The number of unbranched alkanes of at least 4 members (excludes halogenated alkanes) is 3. The third-order valence-electron chi connectivity index (χ3n) is 5.58. The Kier molecular flexibility index (Phi) is 16.4. The van der Waals surface area contributed by atoms with Crippen LogP contribution in [-0.4, -0.2) is 49.6 Å². The van der Waals surface area contributed by atoms with Gasteiger partial charge in [0.25, 0.3) is 5.97 Å². The molecule has 0 aromatic carbocycles. The van der Waals surface area contributed by atoms with Gasteiger partial charge in [-0.05, 0) is 81.1 Å². The molecule has 0 saturated carbocycles. The highest BCUT2D eigenvalue weighted by atomic mass is 17.3. The molecule has 0 bridgehead atoms. The van der Waals surface area contributed by atoms with Crippen LogP contribution in [0.15, 0.2) is 0 Å². The summed E-state index contributed by atoms with van der Waals surface area (Å²) in [4.78, 5) is 12.0. The summed E-state index contributed by atoms with van der Waals surface area (Å²) < 4.78 is 32.7. The molecule has 0 fully saturated rings. The van der Waals surface area contributed by atoms with Crippen LogP contribution in [0.5, 0.6) is 0 Å². The lowest BCUT2D eigenvalue weighted by atomic mass is 9.85. The second kappa shape index (κ2) is 16.5. The van der Waals surface area contributed by atoms with Crippen molar-refractivity contribution < 1.29 is 33.5 Å². The Hall–Kier alpha value is -0.280. The molecule has 3 atom stereocenters. The number of hydrogen-bond donors (Lipinski definition) is 0. The van der Waals surface area contributed by atoms with E-state index in [9.17, 15) is 0 Å². The average Bonchev–Trinajstić information content (AvgIpc) is 2.75. The van der Waals surface area contributed by atoms with Gasteiger partial charge >= 0.3 is 5.97 Å². The lowest BCUT2D eigenvalue weighted by Crippen LogP contribution is -2.68. The molecule has 0 N–H and O–H groups in total. The minimum atomic E-state index is -1.68. The first-order valence-corrected chi connectivity index (χ1v) is 13.9. The van der Waals surface area contributed by atoms with Crippen molar-refractivity contribution in [2.24, 2.45) is 5.41 Å². The van der Waals surface area contributed by atoms with Gasteiger partial charge in [-0.2, -0.15) is 4.89 Å². The summed E-state index contributed by atoms with van der Waals surface area (Å²) in [6.45, 7) is 25.4. The Morgan fingerprint density at radius 2 is 1.23 bits per heavy atom. The Bertz CT molecular complexity index is 532. The first kappa shape index (κ1) is 34.7. The van der Waals surface area contributed by atoms with Crippen LogP contribution < -0.4 is 0 Å². The quantitative estimate of drug-likeness (QED) is 0.0682. The van der Waals surface area contributed by atoms with Crippen LogP contribution in [0.25, 0.3) is 0 Å². The molecule has 35 heavy (non-hydrogen) atoms. The van der Waals surface area contributed by atoms with E-state index in [1.165, 1.54) is 0 Å².